The van der Waals surface area contributed by atoms with Crippen molar-refractivity contribution < 1.29 is 9.53 Å². The Morgan fingerprint density at radius 1 is 1.47 bits per heavy atom. The van der Waals surface area contributed by atoms with Gasteiger partial charge in [-0.05, 0) is 26.0 Å². The van der Waals surface area contributed by atoms with Crippen molar-refractivity contribution in [3.05, 3.63) is 22.2 Å². The van der Waals surface area contributed by atoms with Crippen molar-refractivity contribution in [2.75, 3.05) is 17.7 Å². The lowest BCUT2D eigenvalue weighted by molar-refractivity contribution is -0.143. The van der Waals surface area contributed by atoms with Crippen LogP contribution in [0.4, 0.5) is 11.4 Å². The highest BCUT2D eigenvalue weighted by Gasteiger charge is 2.15. The average molecular weight is 277 g/mol. The summed E-state index contributed by atoms with van der Waals surface area (Å²) >= 11 is 11.7. The molecule has 0 bridgehead atoms. The molecule has 94 valence electrons. The molecule has 1 aromatic carbocycles. The lowest BCUT2D eigenvalue weighted by atomic mass is 10.2. The number of nitrogen functional groups attached to an aromatic ring is 1. The van der Waals surface area contributed by atoms with Crippen molar-refractivity contribution in [1.29, 1.82) is 0 Å². The predicted octanol–water partition coefficient (Wildman–Crippen LogP) is 2.94. The van der Waals surface area contributed by atoms with Gasteiger partial charge in [-0.15, -0.1) is 0 Å². The van der Waals surface area contributed by atoms with Gasteiger partial charge >= 0.3 is 5.97 Å². The Kier molecular flexibility index (Phi) is 4.90. The van der Waals surface area contributed by atoms with Gasteiger partial charge in [0.2, 0.25) is 0 Å². The number of hydrogen-bond donors (Lipinski definition) is 2. The molecule has 6 heteroatoms. The monoisotopic (exact) mass is 276 g/mol. The van der Waals surface area contributed by atoms with Crippen LogP contribution in [0.2, 0.25) is 10.0 Å². The Morgan fingerprint density at radius 3 is 2.65 bits per heavy atom. The van der Waals surface area contributed by atoms with E-state index >= 15 is 0 Å². The standard InChI is InChI=1S/C11H14Cl2N2O2/c1-3-17-11(16)6(2)15-10-5-8(13)7(12)4-9(10)14/h4-6,15H,3,14H2,1-2H3. The topological polar surface area (TPSA) is 64.3 Å². The highest BCUT2D eigenvalue weighted by atomic mass is 35.5. The van der Waals surface area contributed by atoms with Gasteiger partial charge in [0.05, 0.1) is 28.0 Å². The van der Waals surface area contributed by atoms with Crippen molar-refractivity contribution in [1.82, 2.24) is 0 Å². The summed E-state index contributed by atoms with van der Waals surface area (Å²) in [4.78, 5) is 11.4. The molecule has 1 unspecified atom stereocenters. The van der Waals surface area contributed by atoms with Crippen molar-refractivity contribution in [2.45, 2.75) is 19.9 Å². The molecule has 0 radical (unpaired) electrons. The third-order valence-electron chi connectivity index (χ3n) is 2.10. The summed E-state index contributed by atoms with van der Waals surface area (Å²) in [6.07, 6.45) is 0. The van der Waals surface area contributed by atoms with Gasteiger partial charge in [-0.3, -0.25) is 0 Å². The molecule has 0 aliphatic carbocycles. The van der Waals surface area contributed by atoms with Crippen LogP contribution in [0.3, 0.4) is 0 Å². The minimum atomic E-state index is -0.505. The molecule has 0 heterocycles. The van der Waals surface area contributed by atoms with Gasteiger partial charge in [0.15, 0.2) is 0 Å². The average Bonchev–Trinajstić information content (AvgIpc) is 2.26. The fourth-order valence-corrected chi connectivity index (χ4v) is 1.58. The molecule has 0 aliphatic heterocycles. The third kappa shape index (κ3) is 3.68. The van der Waals surface area contributed by atoms with Gasteiger partial charge < -0.3 is 15.8 Å². The second-order valence-corrected chi connectivity index (χ2v) is 4.29. The number of hydrogen-bond acceptors (Lipinski definition) is 4. The third-order valence-corrected chi connectivity index (χ3v) is 2.83. The van der Waals surface area contributed by atoms with Crippen LogP contribution in [0, 0.1) is 0 Å². The fraction of sp³-hybridized carbons (Fsp3) is 0.364. The largest absolute Gasteiger partial charge is 0.464 e. The quantitative estimate of drug-likeness (QED) is 0.656. The summed E-state index contributed by atoms with van der Waals surface area (Å²) in [5, 5.41) is 3.67. The number of rotatable bonds is 4. The first-order chi connectivity index (χ1) is 7.95. The van der Waals surface area contributed by atoms with Crippen molar-refractivity contribution >= 4 is 40.5 Å². The number of ether oxygens (including phenoxy) is 1. The van der Waals surface area contributed by atoms with Crippen molar-refractivity contribution in [3.8, 4) is 0 Å². The van der Waals surface area contributed by atoms with E-state index in [0.29, 0.717) is 28.0 Å². The summed E-state index contributed by atoms with van der Waals surface area (Å²) in [6, 6.07) is 2.61. The van der Waals surface area contributed by atoms with E-state index in [-0.39, 0.29) is 5.97 Å². The summed E-state index contributed by atoms with van der Waals surface area (Å²) in [5.41, 5.74) is 6.74. The molecule has 17 heavy (non-hydrogen) atoms. The van der Waals surface area contributed by atoms with Crippen LogP contribution in [-0.4, -0.2) is 18.6 Å². The molecule has 0 aromatic heterocycles. The number of anilines is 2. The van der Waals surface area contributed by atoms with Crippen LogP contribution in [-0.2, 0) is 9.53 Å². The molecule has 1 aromatic rings. The van der Waals surface area contributed by atoms with E-state index in [1.165, 1.54) is 6.07 Å². The maximum atomic E-state index is 11.4. The summed E-state index contributed by atoms with van der Waals surface area (Å²) in [6.45, 7) is 3.76. The maximum absolute atomic E-state index is 11.4. The number of carbonyl (C=O) groups excluding carboxylic acids is 1. The number of benzene rings is 1. The lowest BCUT2D eigenvalue weighted by Gasteiger charge is -2.16. The van der Waals surface area contributed by atoms with E-state index in [2.05, 4.69) is 5.32 Å². The number of esters is 1. The zero-order chi connectivity index (χ0) is 13.0. The van der Waals surface area contributed by atoms with Gasteiger partial charge in [0.25, 0.3) is 0 Å². The molecule has 0 aliphatic rings. The van der Waals surface area contributed by atoms with Gasteiger partial charge in [0, 0.05) is 0 Å². The molecule has 1 atom stereocenters. The maximum Gasteiger partial charge on any atom is 0.328 e. The van der Waals surface area contributed by atoms with Crippen LogP contribution in [0.25, 0.3) is 0 Å². The Morgan fingerprint density at radius 2 is 2.06 bits per heavy atom. The summed E-state index contributed by atoms with van der Waals surface area (Å²) in [7, 11) is 0. The van der Waals surface area contributed by atoms with Crippen molar-refractivity contribution in [2.24, 2.45) is 0 Å². The second kappa shape index (κ2) is 5.98. The molecule has 0 saturated heterocycles. The molecule has 0 amide bonds. The van der Waals surface area contributed by atoms with E-state index in [1.54, 1.807) is 19.9 Å². The van der Waals surface area contributed by atoms with Gasteiger partial charge in [-0.25, -0.2) is 4.79 Å². The van der Waals surface area contributed by atoms with E-state index < -0.39 is 6.04 Å². The minimum absolute atomic E-state index is 0.335. The highest BCUT2D eigenvalue weighted by Crippen LogP contribution is 2.31. The van der Waals surface area contributed by atoms with Gasteiger partial charge in [0.1, 0.15) is 6.04 Å². The molecule has 1 rings (SSSR count). The first-order valence-corrected chi connectivity index (χ1v) is 5.89. The molecule has 4 nitrogen and oxygen atoms in total. The predicted molar refractivity (Wildman–Crippen MR) is 70.6 cm³/mol. The fourth-order valence-electron chi connectivity index (χ4n) is 1.25. The zero-order valence-electron chi connectivity index (χ0n) is 9.59. The van der Waals surface area contributed by atoms with E-state index in [4.69, 9.17) is 33.7 Å². The molecular formula is C11H14Cl2N2O2. The van der Waals surface area contributed by atoms with Crippen LogP contribution in [0.5, 0.6) is 0 Å². The van der Waals surface area contributed by atoms with Crippen LogP contribution in [0.1, 0.15) is 13.8 Å². The minimum Gasteiger partial charge on any atom is -0.464 e. The first-order valence-electron chi connectivity index (χ1n) is 5.13. The Labute approximate surface area is 110 Å². The second-order valence-electron chi connectivity index (χ2n) is 3.47. The van der Waals surface area contributed by atoms with Crippen LogP contribution in [0.15, 0.2) is 12.1 Å². The van der Waals surface area contributed by atoms with E-state index in [1.807, 2.05) is 0 Å². The smallest absolute Gasteiger partial charge is 0.328 e. The van der Waals surface area contributed by atoms with E-state index in [0.717, 1.165) is 0 Å². The molecule has 0 fully saturated rings. The molecule has 0 saturated carbocycles. The highest BCUT2D eigenvalue weighted by molar-refractivity contribution is 6.42. The summed E-state index contributed by atoms with van der Waals surface area (Å²) in [5.74, 6) is -0.349. The number of nitrogens with two attached hydrogens (primary N) is 1. The Balaban J connectivity index is 2.81. The van der Waals surface area contributed by atoms with Crippen molar-refractivity contribution in [3.63, 3.8) is 0 Å². The first kappa shape index (κ1) is 13.9. The SMILES string of the molecule is CCOC(=O)C(C)Nc1cc(Cl)c(Cl)cc1N. The van der Waals surface area contributed by atoms with Gasteiger partial charge in [-0.1, -0.05) is 23.2 Å². The normalized spacial score (nSPS) is 12.0. The Bertz CT molecular complexity index is 424. The number of carbonyl (C=O) groups is 1. The number of halogens is 2. The lowest BCUT2D eigenvalue weighted by Crippen LogP contribution is -2.28. The number of nitrogens with one attached hydrogen (secondary N) is 1. The van der Waals surface area contributed by atoms with Crippen LogP contribution < -0.4 is 11.1 Å². The Hall–Kier alpha value is -1.13. The molecular weight excluding hydrogens is 263 g/mol. The van der Waals surface area contributed by atoms with Gasteiger partial charge in [-0.2, -0.15) is 0 Å². The summed E-state index contributed by atoms with van der Waals surface area (Å²) < 4.78 is 4.87. The van der Waals surface area contributed by atoms with E-state index in [9.17, 15) is 4.79 Å². The molecule has 3 N–H and O–H groups in total. The van der Waals surface area contributed by atoms with Crippen LogP contribution >= 0.6 is 23.2 Å². The molecule has 0 spiro atoms. The zero-order valence-corrected chi connectivity index (χ0v) is 11.1.